The van der Waals surface area contributed by atoms with Gasteiger partial charge in [0.05, 0.1) is 5.69 Å². The first-order chi connectivity index (χ1) is 5.02. The van der Waals surface area contributed by atoms with Crippen molar-refractivity contribution in [1.29, 1.82) is 0 Å². The first-order valence-corrected chi connectivity index (χ1v) is 4.75. The molecule has 0 radical (unpaired) electrons. The lowest BCUT2D eigenvalue weighted by molar-refractivity contribution is 0.593. The molecule has 0 saturated carbocycles. The normalized spacial score (nSPS) is 11.5. The van der Waals surface area contributed by atoms with Gasteiger partial charge in [-0.2, -0.15) is 0 Å². The SMILES string of the molecule is Cc1ncnnc1S(C)(=O)=O. The molecule has 0 unspecified atom stereocenters. The van der Waals surface area contributed by atoms with Crippen molar-refractivity contribution in [2.45, 2.75) is 11.9 Å². The van der Waals surface area contributed by atoms with Crippen LogP contribution in [0, 0.1) is 6.92 Å². The van der Waals surface area contributed by atoms with Crippen molar-refractivity contribution in [3.8, 4) is 0 Å². The summed E-state index contributed by atoms with van der Waals surface area (Å²) >= 11 is 0. The van der Waals surface area contributed by atoms with Crippen LogP contribution in [0.1, 0.15) is 5.69 Å². The number of aromatic nitrogens is 3. The summed E-state index contributed by atoms with van der Waals surface area (Å²) in [6.07, 6.45) is 2.29. The van der Waals surface area contributed by atoms with E-state index in [9.17, 15) is 8.42 Å². The topological polar surface area (TPSA) is 72.8 Å². The van der Waals surface area contributed by atoms with Crippen molar-refractivity contribution in [3.63, 3.8) is 0 Å². The Labute approximate surface area is 64.4 Å². The maximum absolute atomic E-state index is 10.9. The molecular weight excluding hydrogens is 166 g/mol. The summed E-state index contributed by atoms with van der Waals surface area (Å²) in [5.74, 6) is 0. The van der Waals surface area contributed by atoms with Crippen molar-refractivity contribution in [2.75, 3.05) is 6.26 Å². The molecule has 11 heavy (non-hydrogen) atoms. The maximum Gasteiger partial charge on any atom is 0.198 e. The van der Waals surface area contributed by atoms with Gasteiger partial charge in [-0.25, -0.2) is 13.4 Å². The largest absolute Gasteiger partial charge is 0.237 e. The van der Waals surface area contributed by atoms with Gasteiger partial charge in [-0.05, 0) is 6.92 Å². The van der Waals surface area contributed by atoms with Crippen LogP contribution in [0.2, 0.25) is 0 Å². The minimum atomic E-state index is -3.27. The minimum Gasteiger partial charge on any atom is -0.237 e. The van der Waals surface area contributed by atoms with Gasteiger partial charge < -0.3 is 0 Å². The van der Waals surface area contributed by atoms with Gasteiger partial charge in [0.25, 0.3) is 0 Å². The second-order valence-electron chi connectivity index (χ2n) is 2.12. The third-order valence-electron chi connectivity index (χ3n) is 1.11. The fraction of sp³-hybridized carbons (Fsp3) is 0.400. The Morgan fingerprint density at radius 2 is 2.09 bits per heavy atom. The molecule has 0 aliphatic carbocycles. The lowest BCUT2D eigenvalue weighted by atomic mass is 10.5. The lowest BCUT2D eigenvalue weighted by Gasteiger charge is -1.96. The average Bonchev–Trinajstić information content (AvgIpc) is 1.86. The summed E-state index contributed by atoms with van der Waals surface area (Å²) in [6.45, 7) is 1.57. The Kier molecular flexibility index (Phi) is 1.86. The molecule has 0 bridgehead atoms. The molecule has 0 fully saturated rings. The number of hydrogen-bond acceptors (Lipinski definition) is 5. The van der Waals surface area contributed by atoms with Crippen LogP contribution in [0.3, 0.4) is 0 Å². The monoisotopic (exact) mass is 173 g/mol. The van der Waals surface area contributed by atoms with Gasteiger partial charge in [0.2, 0.25) is 0 Å². The fourth-order valence-electron chi connectivity index (χ4n) is 0.661. The molecule has 0 aliphatic rings. The number of nitrogens with zero attached hydrogens (tertiary/aromatic N) is 3. The van der Waals surface area contributed by atoms with E-state index >= 15 is 0 Å². The van der Waals surface area contributed by atoms with Crippen LogP contribution in [-0.4, -0.2) is 29.9 Å². The highest BCUT2D eigenvalue weighted by Crippen LogP contribution is 2.05. The van der Waals surface area contributed by atoms with Gasteiger partial charge in [-0.3, -0.25) is 0 Å². The molecule has 1 rings (SSSR count). The summed E-state index contributed by atoms with van der Waals surface area (Å²) in [6, 6.07) is 0. The van der Waals surface area contributed by atoms with E-state index in [-0.39, 0.29) is 5.03 Å². The molecule has 0 aliphatic heterocycles. The molecule has 0 spiro atoms. The van der Waals surface area contributed by atoms with E-state index in [0.717, 1.165) is 6.26 Å². The summed E-state index contributed by atoms with van der Waals surface area (Å²) in [5, 5.41) is 6.77. The first-order valence-electron chi connectivity index (χ1n) is 2.86. The maximum atomic E-state index is 10.9. The zero-order chi connectivity index (χ0) is 8.48. The highest BCUT2D eigenvalue weighted by Gasteiger charge is 2.12. The Hall–Kier alpha value is -1.04. The molecule has 0 aromatic carbocycles. The van der Waals surface area contributed by atoms with Gasteiger partial charge in [-0.15, -0.1) is 10.2 Å². The van der Waals surface area contributed by atoms with Crippen molar-refractivity contribution in [3.05, 3.63) is 12.0 Å². The zero-order valence-corrected chi connectivity index (χ0v) is 6.96. The van der Waals surface area contributed by atoms with Gasteiger partial charge in [0, 0.05) is 6.26 Å². The van der Waals surface area contributed by atoms with Gasteiger partial charge in [0.1, 0.15) is 6.33 Å². The van der Waals surface area contributed by atoms with Crippen LogP contribution in [-0.2, 0) is 9.84 Å². The van der Waals surface area contributed by atoms with E-state index in [0.29, 0.717) is 5.69 Å². The lowest BCUT2D eigenvalue weighted by Crippen LogP contribution is -2.05. The van der Waals surface area contributed by atoms with Crippen molar-refractivity contribution < 1.29 is 8.42 Å². The number of aryl methyl sites for hydroxylation is 1. The van der Waals surface area contributed by atoms with Gasteiger partial charge in [0.15, 0.2) is 14.9 Å². The van der Waals surface area contributed by atoms with E-state index in [2.05, 4.69) is 15.2 Å². The quantitative estimate of drug-likeness (QED) is 0.577. The predicted molar refractivity (Wildman–Crippen MR) is 37.7 cm³/mol. The van der Waals surface area contributed by atoms with Crippen LogP contribution < -0.4 is 0 Å². The molecule has 0 atom stereocenters. The molecule has 5 nitrogen and oxygen atoms in total. The second kappa shape index (κ2) is 2.54. The average molecular weight is 173 g/mol. The summed E-state index contributed by atoms with van der Waals surface area (Å²) in [5.41, 5.74) is 0.377. The minimum absolute atomic E-state index is 0.0556. The summed E-state index contributed by atoms with van der Waals surface area (Å²) in [4.78, 5) is 3.69. The first kappa shape index (κ1) is 8.06. The van der Waals surface area contributed by atoms with Crippen molar-refractivity contribution in [2.24, 2.45) is 0 Å². The van der Waals surface area contributed by atoms with E-state index in [1.165, 1.54) is 6.33 Å². The van der Waals surface area contributed by atoms with Crippen LogP contribution in [0.4, 0.5) is 0 Å². The number of sulfone groups is 1. The summed E-state index contributed by atoms with van der Waals surface area (Å²) in [7, 11) is -3.27. The van der Waals surface area contributed by atoms with Crippen LogP contribution >= 0.6 is 0 Å². The fourth-order valence-corrected chi connectivity index (χ4v) is 1.45. The Morgan fingerprint density at radius 3 is 2.45 bits per heavy atom. The number of rotatable bonds is 1. The molecule has 0 N–H and O–H groups in total. The Bertz CT molecular complexity index is 360. The van der Waals surface area contributed by atoms with Crippen molar-refractivity contribution in [1.82, 2.24) is 15.2 Å². The van der Waals surface area contributed by atoms with E-state index in [1.807, 2.05) is 0 Å². The van der Waals surface area contributed by atoms with Crippen molar-refractivity contribution >= 4 is 9.84 Å². The zero-order valence-electron chi connectivity index (χ0n) is 6.14. The Morgan fingerprint density at radius 1 is 1.45 bits per heavy atom. The molecule has 60 valence electrons. The second-order valence-corrected chi connectivity index (χ2v) is 4.05. The molecule has 1 heterocycles. The standard InChI is InChI=1S/C5H7N3O2S/c1-4-5(11(2,9)10)8-7-3-6-4/h3H,1-2H3. The highest BCUT2D eigenvalue weighted by atomic mass is 32.2. The van der Waals surface area contributed by atoms with Gasteiger partial charge in [-0.1, -0.05) is 0 Å². The molecular formula is C5H7N3O2S. The third kappa shape index (κ3) is 1.70. The van der Waals surface area contributed by atoms with Crippen LogP contribution in [0.15, 0.2) is 11.4 Å². The van der Waals surface area contributed by atoms with Crippen LogP contribution in [0.25, 0.3) is 0 Å². The third-order valence-corrected chi connectivity index (χ3v) is 2.19. The highest BCUT2D eigenvalue weighted by molar-refractivity contribution is 7.90. The molecule has 0 amide bonds. The van der Waals surface area contributed by atoms with Gasteiger partial charge >= 0.3 is 0 Å². The summed E-state index contributed by atoms with van der Waals surface area (Å²) < 4.78 is 21.8. The van der Waals surface area contributed by atoms with E-state index in [4.69, 9.17) is 0 Å². The van der Waals surface area contributed by atoms with E-state index in [1.54, 1.807) is 6.92 Å². The smallest absolute Gasteiger partial charge is 0.198 e. The van der Waals surface area contributed by atoms with E-state index < -0.39 is 9.84 Å². The molecule has 0 saturated heterocycles. The molecule has 1 aromatic heterocycles. The van der Waals surface area contributed by atoms with Crippen LogP contribution in [0.5, 0.6) is 0 Å². The Balaban J connectivity index is 3.37. The molecule has 6 heteroatoms. The number of hydrogen-bond donors (Lipinski definition) is 0. The predicted octanol–water partition coefficient (Wildman–Crippen LogP) is -0.416. The molecule has 1 aromatic rings.